The molecule has 0 atom stereocenters. The van der Waals surface area contributed by atoms with Crippen LogP contribution in [0.5, 0.6) is 0 Å². The maximum Gasteiger partial charge on any atom is 0.230 e. The average Bonchev–Trinajstić information content (AvgIpc) is 2.89. The molecule has 1 aromatic heterocycles. The third-order valence-electron chi connectivity index (χ3n) is 2.87. The number of hydrogen-bond acceptors (Lipinski definition) is 5. The summed E-state index contributed by atoms with van der Waals surface area (Å²) in [5.41, 5.74) is 0. The van der Waals surface area contributed by atoms with Gasteiger partial charge in [0, 0.05) is 25.2 Å². The number of nitrogens with one attached hydrogen (secondary N) is 1. The summed E-state index contributed by atoms with van der Waals surface area (Å²) in [4.78, 5) is 22.5. The van der Waals surface area contributed by atoms with Crippen molar-refractivity contribution in [2.45, 2.75) is 37.9 Å². The zero-order valence-corrected chi connectivity index (χ0v) is 13.3. The summed E-state index contributed by atoms with van der Waals surface area (Å²) < 4.78 is 0. The van der Waals surface area contributed by atoms with Gasteiger partial charge in [-0.05, 0) is 26.7 Å². The second-order valence-corrected chi connectivity index (χ2v) is 6.37. The number of rotatable bonds is 5. The van der Waals surface area contributed by atoms with Crippen molar-refractivity contribution >= 4 is 35.1 Å². The van der Waals surface area contributed by atoms with Crippen LogP contribution in [0, 0.1) is 0 Å². The number of amides is 1. The lowest BCUT2D eigenvalue weighted by atomic mass is 10.4. The third kappa shape index (κ3) is 4.52. The van der Waals surface area contributed by atoms with Crippen molar-refractivity contribution in [3.8, 4) is 0 Å². The van der Waals surface area contributed by atoms with Crippen LogP contribution in [0.1, 0.15) is 26.7 Å². The number of hydrogen-bond donors (Lipinski definition) is 1. The maximum atomic E-state index is 11.6. The highest BCUT2D eigenvalue weighted by Gasteiger charge is 2.16. The highest BCUT2D eigenvalue weighted by Crippen LogP contribution is 2.24. The number of anilines is 1. The van der Waals surface area contributed by atoms with Gasteiger partial charge in [0.05, 0.1) is 5.75 Å². The molecule has 0 unspecified atom stereocenters. The Morgan fingerprint density at radius 2 is 2.15 bits per heavy atom. The Hall–Kier alpha value is -1.01. The molecule has 110 valence electrons. The van der Waals surface area contributed by atoms with Gasteiger partial charge in [-0.25, -0.2) is 9.97 Å². The summed E-state index contributed by atoms with van der Waals surface area (Å²) in [7, 11) is 0. The van der Waals surface area contributed by atoms with Crippen molar-refractivity contribution in [3.63, 3.8) is 0 Å². The molecule has 1 fully saturated rings. The summed E-state index contributed by atoms with van der Waals surface area (Å²) >= 11 is 7.35. The van der Waals surface area contributed by atoms with E-state index >= 15 is 0 Å². The van der Waals surface area contributed by atoms with E-state index in [-0.39, 0.29) is 11.9 Å². The summed E-state index contributed by atoms with van der Waals surface area (Å²) in [5, 5.41) is 3.82. The van der Waals surface area contributed by atoms with Gasteiger partial charge in [-0.3, -0.25) is 4.79 Å². The molecule has 1 amide bonds. The van der Waals surface area contributed by atoms with Crippen LogP contribution in [0.2, 0.25) is 5.15 Å². The van der Waals surface area contributed by atoms with Gasteiger partial charge in [-0.1, -0.05) is 23.4 Å². The quantitative estimate of drug-likeness (QED) is 0.513. The number of carbonyl (C=O) groups excluding carboxylic acids is 1. The number of aromatic nitrogens is 2. The lowest BCUT2D eigenvalue weighted by molar-refractivity contribution is -0.119. The standard InChI is InChI=1S/C13H19ClN4OS/c1-9(2)15-12(19)8-20-13-16-10(14)7-11(17-13)18-5-3-4-6-18/h7,9H,3-6,8H2,1-2H3,(H,15,19). The van der Waals surface area contributed by atoms with E-state index < -0.39 is 0 Å². The molecule has 20 heavy (non-hydrogen) atoms. The maximum absolute atomic E-state index is 11.6. The Morgan fingerprint density at radius 3 is 2.80 bits per heavy atom. The van der Waals surface area contributed by atoms with Gasteiger partial charge in [-0.2, -0.15) is 0 Å². The van der Waals surface area contributed by atoms with Crippen molar-refractivity contribution in [2.24, 2.45) is 0 Å². The molecule has 1 saturated heterocycles. The minimum Gasteiger partial charge on any atom is -0.356 e. The fourth-order valence-electron chi connectivity index (χ4n) is 2.05. The number of halogens is 1. The number of carbonyl (C=O) groups is 1. The molecule has 0 aliphatic carbocycles. The number of nitrogens with zero attached hydrogens (tertiary/aromatic N) is 3. The molecular weight excluding hydrogens is 296 g/mol. The largest absolute Gasteiger partial charge is 0.356 e. The summed E-state index contributed by atoms with van der Waals surface area (Å²) in [6.45, 7) is 5.88. The Balaban J connectivity index is 1.99. The van der Waals surface area contributed by atoms with Crippen molar-refractivity contribution in [2.75, 3.05) is 23.7 Å². The van der Waals surface area contributed by atoms with E-state index in [1.165, 1.54) is 24.6 Å². The van der Waals surface area contributed by atoms with Gasteiger partial charge in [-0.15, -0.1) is 0 Å². The molecule has 5 nitrogen and oxygen atoms in total. The van der Waals surface area contributed by atoms with Crippen molar-refractivity contribution in [1.82, 2.24) is 15.3 Å². The highest BCUT2D eigenvalue weighted by molar-refractivity contribution is 7.99. The highest BCUT2D eigenvalue weighted by atomic mass is 35.5. The molecule has 0 bridgehead atoms. The average molecular weight is 315 g/mol. The molecule has 0 spiro atoms. The first kappa shape index (κ1) is 15.4. The second-order valence-electron chi connectivity index (χ2n) is 5.04. The lowest BCUT2D eigenvalue weighted by Gasteiger charge is -2.16. The van der Waals surface area contributed by atoms with E-state index in [4.69, 9.17) is 11.6 Å². The van der Waals surface area contributed by atoms with Gasteiger partial charge in [0.1, 0.15) is 11.0 Å². The van der Waals surface area contributed by atoms with E-state index in [1.54, 1.807) is 6.07 Å². The monoisotopic (exact) mass is 314 g/mol. The van der Waals surface area contributed by atoms with E-state index in [2.05, 4.69) is 20.2 Å². The molecule has 7 heteroatoms. The molecule has 1 aliphatic rings. The Bertz CT molecular complexity index is 477. The predicted molar refractivity (Wildman–Crippen MR) is 82.5 cm³/mol. The van der Waals surface area contributed by atoms with Crippen LogP contribution >= 0.6 is 23.4 Å². The summed E-state index contributed by atoms with van der Waals surface area (Å²) in [5.74, 6) is 1.14. The minimum absolute atomic E-state index is 0.0173. The van der Waals surface area contributed by atoms with Gasteiger partial charge in [0.2, 0.25) is 5.91 Å². The topological polar surface area (TPSA) is 58.1 Å². The number of thioether (sulfide) groups is 1. The molecule has 0 radical (unpaired) electrons. The van der Waals surface area contributed by atoms with Crippen LogP contribution in [0.3, 0.4) is 0 Å². The normalized spacial score (nSPS) is 14.9. The Kier molecular flexibility index (Phi) is 5.48. The van der Waals surface area contributed by atoms with Gasteiger partial charge in [0.15, 0.2) is 5.16 Å². The third-order valence-corrected chi connectivity index (χ3v) is 3.91. The van der Waals surface area contributed by atoms with E-state index in [1.807, 2.05) is 13.8 Å². The first-order chi connectivity index (χ1) is 9.54. The molecule has 0 aromatic carbocycles. The molecule has 2 rings (SSSR count). The van der Waals surface area contributed by atoms with Crippen molar-refractivity contribution in [1.29, 1.82) is 0 Å². The van der Waals surface area contributed by atoms with E-state index in [9.17, 15) is 4.79 Å². The molecular formula is C13H19ClN4OS. The molecule has 2 heterocycles. The van der Waals surface area contributed by atoms with Crippen molar-refractivity contribution in [3.05, 3.63) is 11.2 Å². The molecule has 1 N–H and O–H groups in total. The molecule has 1 aromatic rings. The van der Waals surface area contributed by atoms with Crippen molar-refractivity contribution < 1.29 is 4.79 Å². The first-order valence-corrected chi connectivity index (χ1v) is 8.12. The van der Waals surface area contributed by atoms with E-state index in [0.717, 1.165) is 18.9 Å². The SMILES string of the molecule is CC(C)NC(=O)CSc1nc(Cl)cc(N2CCCC2)n1. The van der Waals surface area contributed by atoms with Crippen LogP contribution in [0.15, 0.2) is 11.2 Å². The van der Waals surface area contributed by atoms with Gasteiger partial charge < -0.3 is 10.2 Å². The fraction of sp³-hybridized carbons (Fsp3) is 0.615. The molecule has 1 aliphatic heterocycles. The Morgan fingerprint density at radius 1 is 1.45 bits per heavy atom. The van der Waals surface area contributed by atoms with Crippen LogP contribution in [0.25, 0.3) is 0 Å². The van der Waals surface area contributed by atoms with Gasteiger partial charge in [0.25, 0.3) is 0 Å². The lowest BCUT2D eigenvalue weighted by Crippen LogP contribution is -2.31. The van der Waals surface area contributed by atoms with Crippen LogP contribution in [-0.4, -0.2) is 40.8 Å². The Labute approximate surface area is 128 Å². The van der Waals surface area contributed by atoms with Gasteiger partial charge >= 0.3 is 0 Å². The second kappa shape index (κ2) is 7.13. The van der Waals surface area contributed by atoms with Crippen LogP contribution < -0.4 is 10.2 Å². The van der Waals surface area contributed by atoms with Crippen LogP contribution in [-0.2, 0) is 4.79 Å². The first-order valence-electron chi connectivity index (χ1n) is 6.76. The van der Waals surface area contributed by atoms with E-state index in [0.29, 0.717) is 16.1 Å². The predicted octanol–water partition coefficient (Wildman–Crippen LogP) is 2.35. The zero-order valence-electron chi connectivity index (χ0n) is 11.7. The summed E-state index contributed by atoms with van der Waals surface area (Å²) in [6, 6.07) is 1.93. The zero-order chi connectivity index (χ0) is 14.5. The van der Waals surface area contributed by atoms with Crippen LogP contribution in [0.4, 0.5) is 5.82 Å². The summed E-state index contributed by atoms with van der Waals surface area (Å²) in [6.07, 6.45) is 2.36. The smallest absolute Gasteiger partial charge is 0.230 e. The fourth-order valence-corrected chi connectivity index (χ4v) is 2.94. The molecule has 0 saturated carbocycles. The minimum atomic E-state index is -0.0173.